The molecule has 6 nitrogen and oxygen atoms in total. The highest BCUT2D eigenvalue weighted by atomic mass is 16.5. The Hall–Kier alpha value is -1.66. The molecule has 342 valence electrons. The molecule has 0 rings (SSSR count). The van der Waals surface area contributed by atoms with Crippen molar-refractivity contribution >= 4 is 11.9 Å². The summed E-state index contributed by atoms with van der Waals surface area (Å²) in [4.78, 5) is 26.0. The standard InChI is InChI=1S/C52H99NO5/c1-4-7-10-13-16-19-21-23-24-25-26-28-30-33-36-39-42-45-52(57)58-48(43-40-37-34-31-18-15-12-9-6-3)46-51(56)53-49(47-54)50(55)44-41-38-35-32-29-27-22-20-17-14-11-8-5-2/h15,18,23-24,48-50,54-55H,4-14,16-17,19-22,25-47H2,1-3H3,(H,53,56)/b18-15-,24-23+. The molecule has 0 saturated carbocycles. The van der Waals surface area contributed by atoms with Crippen LogP contribution < -0.4 is 5.32 Å². The number of hydrogen-bond acceptors (Lipinski definition) is 5. The number of aliphatic hydroxyl groups is 2. The third kappa shape index (κ3) is 41.1. The predicted octanol–water partition coefficient (Wildman–Crippen LogP) is 15.1. The molecule has 0 aliphatic heterocycles. The number of carbonyl (C=O) groups excluding carboxylic acids is 2. The maximum absolute atomic E-state index is 13.1. The quantitative estimate of drug-likeness (QED) is 0.0323. The first-order chi connectivity index (χ1) is 28.5. The summed E-state index contributed by atoms with van der Waals surface area (Å²) in [5, 5.41) is 23.7. The number of nitrogens with one attached hydrogen (secondary N) is 1. The van der Waals surface area contributed by atoms with Gasteiger partial charge in [-0.05, 0) is 70.6 Å². The molecule has 3 N–H and O–H groups in total. The first-order valence-electron chi connectivity index (χ1n) is 25.6. The zero-order valence-corrected chi connectivity index (χ0v) is 38.9. The Morgan fingerprint density at radius 2 is 0.845 bits per heavy atom. The van der Waals surface area contributed by atoms with E-state index >= 15 is 0 Å². The normalized spacial score (nSPS) is 13.4. The summed E-state index contributed by atoms with van der Waals surface area (Å²) >= 11 is 0. The Morgan fingerprint density at radius 1 is 0.483 bits per heavy atom. The Bertz CT molecular complexity index is 919. The molecule has 0 spiro atoms. The highest BCUT2D eigenvalue weighted by Crippen LogP contribution is 2.18. The molecule has 0 bridgehead atoms. The molecule has 0 aromatic heterocycles. The maximum Gasteiger partial charge on any atom is 0.306 e. The number of esters is 1. The van der Waals surface area contributed by atoms with Crippen LogP contribution in [0.5, 0.6) is 0 Å². The molecular weight excluding hydrogens is 719 g/mol. The average Bonchev–Trinajstić information content (AvgIpc) is 3.22. The van der Waals surface area contributed by atoms with Crippen LogP contribution >= 0.6 is 0 Å². The van der Waals surface area contributed by atoms with Crippen molar-refractivity contribution in [3.63, 3.8) is 0 Å². The van der Waals surface area contributed by atoms with Crippen molar-refractivity contribution in [1.82, 2.24) is 5.32 Å². The second kappa shape index (κ2) is 46.4. The molecule has 0 aliphatic rings. The summed E-state index contributed by atoms with van der Waals surface area (Å²) in [6.07, 6.45) is 52.4. The van der Waals surface area contributed by atoms with Gasteiger partial charge in [0.25, 0.3) is 0 Å². The van der Waals surface area contributed by atoms with Gasteiger partial charge in [-0.15, -0.1) is 0 Å². The van der Waals surface area contributed by atoms with Gasteiger partial charge in [-0.25, -0.2) is 0 Å². The Kier molecular flexibility index (Phi) is 45.1. The van der Waals surface area contributed by atoms with Crippen molar-refractivity contribution in [2.24, 2.45) is 0 Å². The highest BCUT2D eigenvalue weighted by Gasteiger charge is 2.24. The summed E-state index contributed by atoms with van der Waals surface area (Å²) in [5.74, 6) is -0.487. The molecule has 0 radical (unpaired) electrons. The molecular formula is C52H99NO5. The van der Waals surface area contributed by atoms with Crippen LogP contribution in [0.2, 0.25) is 0 Å². The lowest BCUT2D eigenvalue weighted by Gasteiger charge is -2.24. The summed E-state index contributed by atoms with van der Waals surface area (Å²) in [6, 6.07) is -0.702. The molecule has 58 heavy (non-hydrogen) atoms. The number of amides is 1. The van der Waals surface area contributed by atoms with Crippen LogP contribution in [0.25, 0.3) is 0 Å². The zero-order chi connectivity index (χ0) is 42.4. The van der Waals surface area contributed by atoms with Crippen molar-refractivity contribution in [3.8, 4) is 0 Å². The lowest BCUT2D eigenvalue weighted by Crippen LogP contribution is -2.46. The van der Waals surface area contributed by atoms with E-state index in [9.17, 15) is 19.8 Å². The molecule has 3 unspecified atom stereocenters. The first kappa shape index (κ1) is 56.3. The van der Waals surface area contributed by atoms with Crippen LogP contribution in [0, 0.1) is 0 Å². The summed E-state index contributed by atoms with van der Waals surface area (Å²) in [5.41, 5.74) is 0. The largest absolute Gasteiger partial charge is 0.462 e. The Morgan fingerprint density at radius 3 is 1.29 bits per heavy atom. The smallest absolute Gasteiger partial charge is 0.306 e. The summed E-state index contributed by atoms with van der Waals surface area (Å²) < 4.78 is 5.91. The van der Waals surface area contributed by atoms with Gasteiger partial charge in [0, 0.05) is 6.42 Å². The number of ether oxygens (including phenoxy) is 1. The van der Waals surface area contributed by atoms with E-state index in [-0.39, 0.29) is 24.9 Å². The van der Waals surface area contributed by atoms with Crippen molar-refractivity contribution in [2.75, 3.05) is 6.61 Å². The number of aliphatic hydroxyl groups excluding tert-OH is 2. The van der Waals surface area contributed by atoms with E-state index in [2.05, 4.69) is 50.4 Å². The van der Waals surface area contributed by atoms with E-state index in [0.29, 0.717) is 19.3 Å². The third-order valence-corrected chi connectivity index (χ3v) is 11.8. The molecule has 6 heteroatoms. The summed E-state index contributed by atoms with van der Waals surface area (Å²) in [6.45, 7) is 6.44. The molecule has 1 amide bonds. The van der Waals surface area contributed by atoms with Crippen LogP contribution in [0.4, 0.5) is 0 Å². The third-order valence-electron chi connectivity index (χ3n) is 11.8. The van der Waals surface area contributed by atoms with Crippen LogP contribution in [0.3, 0.4) is 0 Å². The molecule has 0 aromatic carbocycles. The van der Waals surface area contributed by atoms with Gasteiger partial charge in [0.05, 0.1) is 25.2 Å². The Labute approximate surface area is 361 Å². The van der Waals surface area contributed by atoms with E-state index in [4.69, 9.17) is 4.74 Å². The predicted molar refractivity (Wildman–Crippen MR) is 250 cm³/mol. The molecule has 0 aromatic rings. The monoisotopic (exact) mass is 818 g/mol. The van der Waals surface area contributed by atoms with Crippen molar-refractivity contribution in [1.29, 1.82) is 0 Å². The SMILES string of the molecule is CCCC/C=C\CCCCCC(CC(=O)NC(CO)C(O)CCCCCCCCCCCCCCC)OC(=O)CCCCCCCCC/C=C/CCCCCCCC. The fraction of sp³-hybridized carbons (Fsp3) is 0.885. The highest BCUT2D eigenvalue weighted by molar-refractivity contribution is 5.77. The molecule has 0 heterocycles. The van der Waals surface area contributed by atoms with E-state index in [1.54, 1.807) is 0 Å². The van der Waals surface area contributed by atoms with Gasteiger partial charge in [0.15, 0.2) is 0 Å². The maximum atomic E-state index is 13.1. The van der Waals surface area contributed by atoms with Gasteiger partial charge in [-0.1, -0.05) is 212 Å². The lowest BCUT2D eigenvalue weighted by molar-refractivity contribution is -0.151. The topological polar surface area (TPSA) is 95.9 Å². The summed E-state index contributed by atoms with van der Waals surface area (Å²) in [7, 11) is 0. The zero-order valence-electron chi connectivity index (χ0n) is 38.9. The van der Waals surface area contributed by atoms with E-state index in [1.165, 1.54) is 161 Å². The minimum Gasteiger partial charge on any atom is -0.462 e. The van der Waals surface area contributed by atoms with Crippen molar-refractivity contribution in [2.45, 2.75) is 289 Å². The van der Waals surface area contributed by atoms with Crippen molar-refractivity contribution in [3.05, 3.63) is 24.3 Å². The fourth-order valence-electron chi connectivity index (χ4n) is 7.82. The molecule has 0 aliphatic carbocycles. The van der Waals surface area contributed by atoms with E-state index < -0.39 is 18.2 Å². The number of carbonyl (C=O) groups is 2. The van der Waals surface area contributed by atoms with E-state index in [1.807, 2.05) is 0 Å². The Balaban J connectivity index is 4.44. The van der Waals surface area contributed by atoms with Gasteiger partial charge in [0.1, 0.15) is 6.10 Å². The number of unbranched alkanes of at least 4 members (excludes halogenated alkanes) is 30. The lowest BCUT2D eigenvalue weighted by atomic mass is 10.0. The van der Waals surface area contributed by atoms with Crippen LogP contribution in [0.15, 0.2) is 24.3 Å². The van der Waals surface area contributed by atoms with Crippen LogP contribution in [-0.2, 0) is 14.3 Å². The minimum absolute atomic E-state index is 0.0683. The van der Waals surface area contributed by atoms with Gasteiger partial charge < -0.3 is 20.3 Å². The fourth-order valence-corrected chi connectivity index (χ4v) is 7.82. The minimum atomic E-state index is -0.787. The number of hydrogen-bond donors (Lipinski definition) is 3. The van der Waals surface area contributed by atoms with Crippen LogP contribution in [-0.4, -0.2) is 46.9 Å². The van der Waals surface area contributed by atoms with Crippen molar-refractivity contribution < 1.29 is 24.5 Å². The number of allylic oxidation sites excluding steroid dienone is 4. The molecule has 0 fully saturated rings. The van der Waals surface area contributed by atoms with Crippen LogP contribution in [0.1, 0.15) is 271 Å². The average molecular weight is 818 g/mol. The molecule has 3 atom stereocenters. The van der Waals surface area contributed by atoms with E-state index in [0.717, 1.165) is 64.2 Å². The second-order valence-corrected chi connectivity index (χ2v) is 17.6. The molecule has 0 saturated heterocycles. The van der Waals surface area contributed by atoms with Gasteiger partial charge in [-0.3, -0.25) is 9.59 Å². The van der Waals surface area contributed by atoms with Gasteiger partial charge in [-0.2, -0.15) is 0 Å². The second-order valence-electron chi connectivity index (χ2n) is 17.6. The van der Waals surface area contributed by atoms with Gasteiger partial charge >= 0.3 is 5.97 Å². The number of rotatable bonds is 46. The van der Waals surface area contributed by atoms with Gasteiger partial charge in [0.2, 0.25) is 5.91 Å². The first-order valence-corrected chi connectivity index (χ1v) is 25.6.